The fourth-order valence-corrected chi connectivity index (χ4v) is 9.43. The number of carbonyl (C=O) groups excluding carboxylic acids is 10. The van der Waals surface area contributed by atoms with Crippen LogP contribution in [0.2, 0.25) is 0 Å². The van der Waals surface area contributed by atoms with Gasteiger partial charge in [0.25, 0.3) is 0 Å². The molecule has 0 spiro atoms. The predicted octanol–water partition coefficient (Wildman–Crippen LogP) is 4.34. The zero-order valence-electron chi connectivity index (χ0n) is 46.2. The predicted molar refractivity (Wildman–Crippen MR) is 267 cm³/mol. The van der Waals surface area contributed by atoms with Gasteiger partial charge in [0.15, 0.2) is 49.2 Å². The Morgan fingerprint density at radius 1 is 0.500 bits per heavy atom. The van der Waals surface area contributed by atoms with Gasteiger partial charge in [-0.25, -0.2) is 4.79 Å². The number of nitrogens with zero attached hydrogens (tertiary/aromatic N) is 1. The van der Waals surface area contributed by atoms with E-state index in [-0.39, 0.29) is 30.9 Å². The molecule has 3 heterocycles. The topological polar surface area (TPSA) is 294 Å². The quantitative estimate of drug-likeness (QED) is 0.0640. The molecule has 0 amide bonds. The van der Waals surface area contributed by atoms with Crippen LogP contribution in [0.5, 0.6) is 0 Å². The number of carbonyl (C=O) groups is 10. The molecule has 3 aliphatic rings. The normalized spacial score (nSPS) is 27.9. The molecular formula is C54H77NO23. The second-order valence-electron chi connectivity index (χ2n) is 19.4. The van der Waals surface area contributed by atoms with E-state index in [2.05, 4.69) is 6.92 Å². The van der Waals surface area contributed by atoms with Crippen molar-refractivity contribution in [1.29, 1.82) is 0 Å². The third-order valence-corrected chi connectivity index (χ3v) is 12.8. The van der Waals surface area contributed by atoms with E-state index in [1.807, 2.05) is 4.90 Å². The van der Waals surface area contributed by atoms with E-state index in [0.29, 0.717) is 6.42 Å². The Hall–Kier alpha value is -6.08. The van der Waals surface area contributed by atoms with Gasteiger partial charge in [0.05, 0.1) is 24.1 Å². The highest BCUT2D eigenvalue weighted by molar-refractivity contribution is 5.89. The number of likely N-dealkylation sites (tertiary alicyclic amines) is 1. The van der Waals surface area contributed by atoms with E-state index in [4.69, 9.17) is 61.6 Å². The summed E-state index contributed by atoms with van der Waals surface area (Å²) in [6, 6.07) is 6.49. The number of hydrogen-bond donors (Lipinski definition) is 0. The first-order valence-corrected chi connectivity index (χ1v) is 26.4. The Balaban J connectivity index is 2.01. The van der Waals surface area contributed by atoms with E-state index in [0.717, 1.165) is 86.5 Å². The van der Waals surface area contributed by atoms with Crippen LogP contribution in [0.3, 0.4) is 0 Å². The lowest BCUT2D eigenvalue weighted by molar-refractivity contribution is -0.356. The van der Waals surface area contributed by atoms with E-state index in [9.17, 15) is 47.9 Å². The number of Topliss-reactive ketones (excluding diaryl/α,β-unsaturated/α-hetero) is 1. The van der Waals surface area contributed by atoms with Crippen molar-refractivity contribution in [3.63, 3.8) is 0 Å². The van der Waals surface area contributed by atoms with Crippen LogP contribution in [0.1, 0.15) is 144 Å². The first-order chi connectivity index (χ1) is 37.0. The molecule has 24 heteroatoms. The number of ketones is 1. The summed E-state index contributed by atoms with van der Waals surface area (Å²) in [5, 5.41) is 0. The Morgan fingerprint density at radius 2 is 1.00 bits per heavy atom. The molecule has 3 fully saturated rings. The van der Waals surface area contributed by atoms with Crippen molar-refractivity contribution in [3.05, 3.63) is 35.9 Å². The standard InChI is InChI=1S/C54H77NO23/c1-11-12-13-14-15-16-17-21-26-55-27-41(69-34(6)59)46(78-53-50(73-38(10)63)48(72-37(9)62)44(31(3)68-53)70-35(7)60)45(40(55)28-66-32(4)57)77-54-51(76-52(65)39-22-19-18-20-23-39)49(75-43(64)25-24-30(2)56)47(71-36(8)61)42(74-54)29-67-33(5)58/h18-20,22-23,31,40-42,44-51,53-54H,11-17,21,24-29H2,1-10H3/t31-,40+,41-,42+,44+,45+,46+,47-,48+,49-,50-,51+,53-,54-/m0/s1. The van der Waals surface area contributed by atoms with E-state index in [1.165, 1.54) is 32.9 Å². The lowest BCUT2D eigenvalue weighted by Crippen LogP contribution is -2.70. The number of rotatable bonds is 28. The number of ether oxygens (including phenoxy) is 13. The van der Waals surface area contributed by atoms with Gasteiger partial charge in [0.2, 0.25) is 0 Å². The van der Waals surface area contributed by atoms with Crippen molar-refractivity contribution >= 4 is 59.5 Å². The van der Waals surface area contributed by atoms with Gasteiger partial charge in [-0.15, -0.1) is 0 Å². The van der Waals surface area contributed by atoms with Gasteiger partial charge in [-0.2, -0.15) is 0 Å². The van der Waals surface area contributed by atoms with Gasteiger partial charge in [-0.05, 0) is 38.9 Å². The summed E-state index contributed by atoms with van der Waals surface area (Å²) in [5.41, 5.74) is -0.00322. The molecule has 0 radical (unpaired) electrons. The summed E-state index contributed by atoms with van der Waals surface area (Å²) >= 11 is 0. The molecule has 436 valence electrons. The lowest BCUT2D eigenvalue weighted by atomic mass is 9.91. The summed E-state index contributed by atoms with van der Waals surface area (Å²) < 4.78 is 78.6. The highest BCUT2D eigenvalue weighted by Gasteiger charge is 2.59. The maximum Gasteiger partial charge on any atom is 0.338 e. The van der Waals surface area contributed by atoms with Crippen molar-refractivity contribution in [2.45, 2.75) is 219 Å². The van der Waals surface area contributed by atoms with Gasteiger partial charge >= 0.3 is 53.7 Å². The summed E-state index contributed by atoms with van der Waals surface area (Å²) in [4.78, 5) is 131. The highest BCUT2D eigenvalue weighted by atomic mass is 16.8. The number of unbranched alkanes of at least 4 members (excludes halogenated alkanes) is 7. The molecule has 0 saturated carbocycles. The fourth-order valence-electron chi connectivity index (χ4n) is 9.43. The number of esters is 9. The molecule has 0 aromatic heterocycles. The van der Waals surface area contributed by atoms with Crippen LogP contribution in [0.25, 0.3) is 0 Å². The lowest BCUT2D eigenvalue weighted by Gasteiger charge is -2.52. The van der Waals surface area contributed by atoms with Crippen molar-refractivity contribution < 1.29 is 110 Å². The van der Waals surface area contributed by atoms with Crippen molar-refractivity contribution in [2.24, 2.45) is 0 Å². The largest absolute Gasteiger partial charge is 0.464 e. The molecule has 14 atom stereocenters. The van der Waals surface area contributed by atoms with Crippen LogP contribution in [0, 0.1) is 0 Å². The zero-order valence-corrected chi connectivity index (χ0v) is 46.2. The molecule has 0 unspecified atom stereocenters. The molecule has 24 nitrogen and oxygen atoms in total. The zero-order chi connectivity index (χ0) is 57.6. The van der Waals surface area contributed by atoms with E-state index >= 15 is 0 Å². The third kappa shape index (κ3) is 20.6. The molecule has 0 N–H and O–H groups in total. The molecule has 3 aliphatic heterocycles. The van der Waals surface area contributed by atoms with Crippen LogP contribution in [-0.4, -0.2) is 176 Å². The Kier molecular flexibility index (Phi) is 26.5. The minimum absolute atomic E-state index is 0.00322. The van der Waals surface area contributed by atoms with Gasteiger partial charge in [-0.3, -0.25) is 43.3 Å². The Bertz CT molecular complexity index is 2190. The monoisotopic (exact) mass is 1110 g/mol. The van der Waals surface area contributed by atoms with Crippen molar-refractivity contribution in [1.82, 2.24) is 4.90 Å². The molecule has 78 heavy (non-hydrogen) atoms. The first-order valence-electron chi connectivity index (χ1n) is 26.4. The van der Waals surface area contributed by atoms with Gasteiger partial charge in [-0.1, -0.05) is 70.1 Å². The number of piperidine rings is 1. The van der Waals surface area contributed by atoms with Gasteiger partial charge < -0.3 is 66.4 Å². The molecule has 0 aliphatic carbocycles. The van der Waals surface area contributed by atoms with Crippen LogP contribution in [0.15, 0.2) is 30.3 Å². The molecule has 4 rings (SSSR count). The third-order valence-electron chi connectivity index (χ3n) is 12.8. The number of hydrogen-bond acceptors (Lipinski definition) is 24. The van der Waals surface area contributed by atoms with Crippen LogP contribution >= 0.6 is 0 Å². The SMILES string of the molecule is CCCCCCCCCCN1C[C@H](OC(C)=O)[C@@H](O[C@@H]2O[C@@H](C)[C@@H](OC(C)=O)[C@@H](OC(C)=O)[C@@H]2OC(C)=O)[C@H](O[C@@H]2O[C@H](COC(C)=O)[C@H](OC(C)=O)[C@H](OC(=O)CCC(C)=O)[C@H]2OC(=O)c2ccccc2)[C@H]1COC(C)=O. The molecular weight excluding hydrogens is 1030 g/mol. The Labute approximate surface area is 454 Å². The van der Waals surface area contributed by atoms with Crippen molar-refractivity contribution in [3.8, 4) is 0 Å². The Morgan fingerprint density at radius 3 is 1.58 bits per heavy atom. The second-order valence-corrected chi connectivity index (χ2v) is 19.4. The summed E-state index contributed by atoms with van der Waals surface area (Å²) in [6.07, 6.45) is -14.3. The molecule has 1 aromatic carbocycles. The first kappa shape index (κ1) is 64.4. The van der Waals surface area contributed by atoms with Crippen LogP contribution < -0.4 is 0 Å². The second kappa shape index (κ2) is 32.1. The van der Waals surface area contributed by atoms with Crippen molar-refractivity contribution in [2.75, 3.05) is 26.3 Å². The summed E-state index contributed by atoms with van der Waals surface area (Å²) in [5.74, 6) is -8.21. The summed E-state index contributed by atoms with van der Waals surface area (Å²) in [6.45, 7) is 11.6. The van der Waals surface area contributed by atoms with Crippen LogP contribution in [-0.2, 0) is 105 Å². The van der Waals surface area contributed by atoms with Gasteiger partial charge in [0.1, 0.15) is 43.4 Å². The minimum atomic E-state index is -1.97. The molecule has 0 bridgehead atoms. The van der Waals surface area contributed by atoms with Crippen LogP contribution in [0.4, 0.5) is 0 Å². The van der Waals surface area contributed by atoms with E-state index in [1.54, 1.807) is 18.2 Å². The summed E-state index contributed by atoms with van der Waals surface area (Å²) in [7, 11) is 0. The minimum Gasteiger partial charge on any atom is -0.464 e. The maximum atomic E-state index is 14.2. The maximum absolute atomic E-state index is 14.2. The smallest absolute Gasteiger partial charge is 0.338 e. The fraction of sp³-hybridized carbons (Fsp3) is 0.704. The number of benzene rings is 1. The highest BCUT2D eigenvalue weighted by Crippen LogP contribution is 2.38. The van der Waals surface area contributed by atoms with Gasteiger partial charge in [0, 0.05) is 61.4 Å². The average molecular weight is 1110 g/mol. The molecule has 3 saturated heterocycles. The van der Waals surface area contributed by atoms with E-state index < -0.39 is 159 Å². The average Bonchev–Trinajstić information content (AvgIpc) is 3.51. The molecule has 1 aromatic rings.